The van der Waals surface area contributed by atoms with Gasteiger partial charge in [0.2, 0.25) is 5.82 Å². The number of aryl methyl sites for hydroxylation is 1. The first-order valence-electron chi connectivity index (χ1n) is 7.15. The minimum Gasteiger partial charge on any atom is -0.341 e. The highest BCUT2D eigenvalue weighted by Gasteiger charge is 2.14. The molecule has 0 fully saturated rings. The summed E-state index contributed by atoms with van der Waals surface area (Å²) in [7, 11) is 1.53. The number of anilines is 2. The van der Waals surface area contributed by atoms with Gasteiger partial charge in [-0.25, -0.2) is 14.3 Å². The van der Waals surface area contributed by atoms with Crippen LogP contribution in [0.1, 0.15) is 16.3 Å². The number of hydrogen-bond donors (Lipinski definition) is 3. The van der Waals surface area contributed by atoms with Gasteiger partial charge in [-0.15, -0.1) is 5.10 Å². The minimum atomic E-state index is -0.438. The van der Waals surface area contributed by atoms with E-state index >= 15 is 0 Å². The number of aromatic nitrogens is 4. The summed E-state index contributed by atoms with van der Waals surface area (Å²) in [5.74, 6) is -0.0402. The quantitative estimate of drug-likeness (QED) is 0.674. The maximum atomic E-state index is 12.2. The molecule has 0 aliphatic heterocycles. The van der Waals surface area contributed by atoms with Crippen LogP contribution in [-0.2, 0) is 0 Å². The summed E-state index contributed by atoms with van der Waals surface area (Å²) in [5, 5.41) is 11.9. The molecule has 0 bridgehead atoms. The highest BCUT2D eigenvalue weighted by Crippen LogP contribution is 2.14. The van der Waals surface area contributed by atoms with Gasteiger partial charge in [0.1, 0.15) is 0 Å². The molecule has 9 heteroatoms. The van der Waals surface area contributed by atoms with Crippen molar-refractivity contribution in [3.05, 3.63) is 48.0 Å². The van der Waals surface area contributed by atoms with Gasteiger partial charge in [-0.05, 0) is 37.3 Å². The summed E-state index contributed by atoms with van der Waals surface area (Å²) in [6, 6.07) is 8.15. The molecule has 2 heterocycles. The van der Waals surface area contributed by atoms with Gasteiger partial charge >= 0.3 is 6.03 Å². The third-order valence-electron chi connectivity index (χ3n) is 3.26. The van der Waals surface area contributed by atoms with Crippen molar-refractivity contribution in [3.8, 4) is 0 Å². The van der Waals surface area contributed by atoms with Crippen molar-refractivity contribution in [3.63, 3.8) is 0 Å². The molecule has 122 valence electrons. The predicted molar refractivity (Wildman–Crippen MR) is 88.0 cm³/mol. The number of carbonyl (C=O) groups is 2. The standard InChI is InChI=1S/C15H15N7O2/c1-9-7-8-17-14-20-12(21-22(9)14)13(23)18-10-3-5-11(6-4-10)19-15(24)16-2/h3-8H,1-2H3,(H,18,23)(H2,16,19,24). The lowest BCUT2D eigenvalue weighted by molar-refractivity contribution is 0.101. The first-order chi connectivity index (χ1) is 11.6. The molecule has 1 aromatic carbocycles. The van der Waals surface area contributed by atoms with Gasteiger partial charge in [0, 0.05) is 30.3 Å². The van der Waals surface area contributed by atoms with E-state index in [4.69, 9.17) is 0 Å². The van der Waals surface area contributed by atoms with E-state index < -0.39 is 5.91 Å². The number of hydrogen-bond acceptors (Lipinski definition) is 5. The van der Waals surface area contributed by atoms with Crippen molar-refractivity contribution in [1.82, 2.24) is 24.9 Å². The molecule has 0 aliphatic carbocycles. The van der Waals surface area contributed by atoms with Crippen LogP contribution >= 0.6 is 0 Å². The number of rotatable bonds is 3. The van der Waals surface area contributed by atoms with Crippen LogP contribution in [0.5, 0.6) is 0 Å². The Morgan fingerprint density at radius 1 is 1.04 bits per heavy atom. The zero-order valence-corrected chi connectivity index (χ0v) is 13.1. The Morgan fingerprint density at radius 3 is 2.33 bits per heavy atom. The van der Waals surface area contributed by atoms with Crippen molar-refractivity contribution in [1.29, 1.82) is 0 Å². The van der Waals surface area contributed by atoms with Crippen LogP contribution in [0, 0.1) is 6.92 Å². The van der Waals surface area contributed by atoms with E-state index in [9.17, 15) is 9.59 Å². The number of benzene rings is 1. The lowest BCUT2D eigenvalue weighted by Gasteiger charge is -2.06. The highest BCUT2D eigenvalue weighted by atomic mass is 16.2. The predicted octanol–water partition coefficient (Wildman–Crippen LogP) is 1.44. The second-order valence-electron chi connectivity index (χ2n) is 4.97. The van der Waals surface area contributed by atoms with Crippen molar-refractivity contribution in [2.24, 2.45) is 0 Å². The first-order valence-corrected chi connectivity index (χ1v) is 7.15. The number of amides is 3. The lowest BCUT2D eigenvalue weighted by atomic mass is 10.3. The van der Waals surface area contributed by atoms with Crippen LogP contribution in [0.15, 0.2) is 36.5 Å². The van der Waals surface area contributed by atoms with E-state index in [1.807, 2.05) is 6.92 Å². The smallest absolute Gasteiger partial charge is 0.318 e. The van der Waals surface area contributed by atoms with Gasteiger partial charge in [0.25, 0.3) is 11.7 Å². The van der Waals surface area contributed by atoms with E-state index in [1.54, 1.807) is 36.5 Å². The van der Waals surface area contributed by atoms with E-state index in [-0.39, 0.29) is 11.9 Å². The van der Waals surface area contributed by atoms with E-state index in [0.717, 1.165) is 5.69 Å². The van der Waals surface area contributed by atoms with Crippen molar-refractivity contribution in [2.45, 2.75) is 6.92 Å². The van der Waals surface area contributed by atoms with Crippen LogP contribution in [0.4, 0.5) is 16.2 Å². The van der Waals surface area contributed by atoms with E-state index in [2.05, 4.69) is 31.0 Å². The summed E-state index contributed by atoms with van der Waals surface area (Å²) >= 11 is 0. The third-order valence-corrected chi connectivity index (χ3v) is 3.26. The Balaban J connectivity index is 1.74. The van der Waals surface area contributed by atoms with Crippen molar-refractivity contribution >= 4 is 29.1 Å². The largest absolute Gasteiger partial charge is 0.341 e. The molecule has 0 atom stereocenters. The fourth-order valence-electron chi connectivity index (χ4n) is 2.02. The molecular formula is C15H15N7O2. The van der Waals surface area contributed by atoms with Crippen LogP contribution in [0.3, 0.4) is 0 Å². The number of nitrogens with one attached hydrogen (secondary N) is 3. The molecule has 0 radical (unpaired) electrons. The summed E-state index contributed by atoms with van der Waals surface area (Å²) in [4.78, 5) is 31.6. The SMILES string of the molecule is CNC(=O)Nc1ccc(NC(=O)c2nc3nccc(C)n3n2)cc1. The Bertz CT molecular complexity index is 902. The van der Waals surface area contributed by atoms with Crippen LogP contribution < -0.4 is 16.0 Å². The average molecular weight is 325 g/mol. The summed E-state index contributed by atoms with van der Waals surface area (Å²) in [6.45, 7) is 1.85. The molecule has 9 nitrogen and oxygen atoms in total. The van der Waals surface area contributed by atoms with Crippen LogP contribution in [0.2, 0.25) is 0 Å². The molecule has 0 saturated heterocycles. The van der Waals surface area contributed by atoms with Crippen molar-refractivity contribution in [2.75, 3.05) is 17.7 Å². The molecule has 3 rings (SSSR count). The zero-order chi connectivity index (χ0) is 17.1. The molecule has 0 aliphatic rings. The van der Waals surface area contributed by atoms with Crippen LogP contribution in [-0.4, -0.2) is 38.6 Å². The number of fused-ring (bicyclic) bond motifs is 1. The second-order valence-corrected chi connectivity index (χ2v) is 4.97. The third kappa shape index (κ3) is 3.14. The second kappa shape index (κ2) is 6.32. The number of nitrogens with zero attached hydrogens (tertiary/aromatic N) is 4. The van der Waals surface area contributed by atoms with E-state index in [0.29, 0.717) is 17.2 Å². The Kier molecular flexibility index (Phi) is 4.06. The van der Waals surface area contributed by atoms with Gasteiger partial charge in [-0.1, -0.05) is 0 Å². The molecule has 3 N–H and O–H groups in total. The zero-order valence-electron chi connectivity index (χ0n) is 13.1. The van der Waals surface area contributed by atoms with Gasteiger partial charge in [0.15, 0.2) is 0 Å². The monoisotopic (exact) mass is 325 g/mol. The molecule has 0 unspecified atom stereocenters. The number of carbonyl (C=O) groups excluding carboxylic acids is 2. The Labute approximate surface area is 137 Å². The molecule has 0 saturated carbocycles. The van der Waals surface area contributed by atoms with Gasteiger partial charge < -0.3 is 16.0 Å². The van der Waals surface area contributed by atoms with Crippen molar-refractivity contribution < 1.29 is 9.59 Å². The normalized spacial score (nSPS) is 10.4. The van der Waals surface area contributed by atoms with Gasteiger partial charge in [-0.3, -0.25) is 4.79 Å². The fraction of sp³-hybridized carbons (Fsp3) is 0.133. The number of urea groups is 1. The molecule has 24 heavy (non-hydrogen) atoms. The summed E-state index contributed by atoms with van der Waals surface area (Å²) < 4.78 is 1.51. The molecule has 3 amide bonds. The molecular weight excluding hydrogens is 310 g/mol. The molecule has 2 aromatic heterocycles. The average Bonchev–Trinajstić information content (AvgIpc) is 3.02. The van der Waals surface area contributed by atoms with Crippen LogP contribution in [0.25, 0.3) is 5.78 Å². The molecule has 3 aromatic rings. The van der Waals surface area contributed by atoms with Gasteiger partial charge in [0.05, 0.1) is 0 Å². The minimum absolute atomic E-state index is 0.0318. The maximum Gasteiger partial charge on any atom is 0.318 e. The highest BCUT2D eigenvalue weighted by molar-refractivity contribution is 6.02. The summed E-state index contributed by atoms with van der Waals surface area (Å²) in [5.41, 5.74) is 2.00. The summed E-state index contributed by atoms with van der Waals surface area (Å²) in [6.07, 6.45) is 1.61. The molecule has 0 spiro atoms. The fourth-order valence-corrected chi connectivity index (χ4v) is 2.02. The Hall–Kier alpha value is -3.49. The topological polar surface area (TPSA) is 113 Å². The van der Waals surface area contributed by atoms with E-state index in [1.165, 1.54) is 11.6 Å². The first kappa shape index (κ1) is 15.4. The lowest BCUT2D eigenvalue weighted by Crippen LogP contribution is -2.24. The Morgan fingerprint density at radius 2 is 1.71 bits per heavy atom. The maximum absolute atomic E-state index is 12.2. The van der Waals surface area contributed by atoms with Gasteiger partial charge in [-0.2, -0.15) is 4.98 Å².